The molecule has 0 aliphatic rings. The summed E-state index contributed by atoms with van der Waals surface area (Å²) >= 11 is 0. The van der Waals surface area contributed by atoms with E-state index >= 15 is 0 Å². The largest absolute Gasteiger partial charge is 0.393 e. The Morgan fingerprint density at radius 3 is 2.73 bits per heavy atom. The Bertz CT molecular complexity index is 307. The standard InChI is InChI=1S/C13H21NO/c1-10-4-5-11(2)13(8-10)9-14-7-6-12(3)15/h4-5,8,12,14-15H,6-7,9H2,1-3H3/t12-/m1/s1. The van der Waals surface area contributed by atoms with Crippen LogP contribution in [0.4, 0.5) is 0 Å². The zero-order chi connectivity index (χ0) is 11.3. The fourth-order valence-electron chi connectivity index (χ4n) is 1.52. The molecule has 1 aromatic rings. The van der Waals surface area contributed by atoms with E-state index in [4.69, 9.17) is 5.11 Å². The molecule has 1 aromatic carbocycles. The summed E-state index contributed by atoms with van der Waals surface area (Å²) in [5.41, 5.74) is 3.97. The second kappa shape index (κ2) is 5.89. The van der Waals surface area contributed by atoms with Gasteiger partial charge in [-0.2, -0.15) is 0 Å². The zero-order valence-corrected chi connectivity index (χ0v) is 9.88. The van der Waals surface area contributed by atoms with Gasteiger partial charge in [0, 0.05) is 6.54 Å². The number of aryl methyl sites for hydroxylation is 2. The predicted molar refractivity (Wildman–Crippen MR) is 63.9 cm³/mol. The van der Waals surface area contributed by atoms with Crippen molar-refractivity contribution in [2.24, 2.45) is 0 Å². The molecule has 0 saturated heterocycles. The van der Waals surface area contributed by atoms with Gasteiger partial charge in [0.2, 0.25) is 0 Å². The molecule has 0 aromatic heterocycles. The lowest BCUT2D eigenvalue weighted by Gasteiger charge is -2.09. The Kier molecular flexibility index (Phi) is 4.79. The maximum atomic E-state index is 9.11. The second-order valence-electron chi connectivity index (χ2n) is 4.24. The molecular weight excluding hydrogens is 186 g/mol. The van der Waals surface area contributed by atoms with Crippen LogP contribution in [0.25, 0.3) is 0 Å². The average molecular weight is 207 g/mol. The second-order valence-corrected chi connectivity index (χ2v) is 4.24. The van der Waals surface area contributed by atoms with E-state index in [0.717, 1.165) is 19.5 Å². The van der Waals surface area contributed by atoms with E-state index in [-0.39, 0.29) is 6.10 Å². The summed E-state index contributed by atoms with van der Waals surface area (Å²) in [5.74, 6) is 0. The molecule has 1 atom stereocenters. The summed E-state index contributed by atoms with van der Waals surface area (Å²) < 4.78 is 0. The highest BCUT2D eigenvalue weighted by Crippen LogP contribution is 2.10. The molecule has 0 aliphatic heterocycles. The quantitative estimate of drug-likeness (QED) is 0.725. The van der Waals surface area contributed by atoms with E-state index in [9.17, 15) is 0 Å². The third-order valence-electron chi connectivity index (χ3n) is 2.56. The SMILES string of the molecule is Cc1ccc(C)c(CNCC[C@@H](C)O)c1. The van der Waals surface area contributed by atoms with Crippen molar-refractivity contribution < 1.29 is 5.11 Å². The Balaban J connectivity index is 2.40. The molecule has 0 aliphatic carbocycles. The third kappa shape index (κ3) is 4.45. The van der Waals surface area contributed by atoms with Crippen molar-refractivity contribution in [1.82, 2.24) is 5.32 Å². The van der Waals surface area contributed by atoms with Gasteiger partial charge in [0.25, 0.3) is 0 Å². The summed E-state index contributed by atoms with van der Waals surface area (Å²) in [6.07, 6.45) is 0.598. The van der Waals surface area contributed by atoms with E-state index in [1.807, 2.05) is 6.92 Å². The van der Waals surface area contributed by atoms with Crippen molar-refractivity contribution >= 4 is 0 Å². The molecule has 0 heterocycles. The third-order valence-corrected chi connectivity index (χ3v) is 2.56. The van der Waals surface area contributed by atoms with Gasteiger partial charge in [0.15, 0.2) is 0 Å². The first kappa shape index (κ1) is 12.2. The van der Waals surface area contributed by atoms with Crippen LogP contribution >= 0.6 is 0 Å². The van der Waals surface area contributed by atoms with Crippen molar-refractivity contribution in [3.05, 3.63) is 34.9 Å². The lowest BCUT2D eigenvalue weighted by Crippen LogP contribution is -2.19. The molecule has 15 heavy (non-hydrogen) atoms. The molecule has 0 bridgehead atoms. The molecule has 0 saturated carbocycles. The van der Waals surface area contributed by atoms with Crippen molar-refractivity contribution in [1.29, 1.82) is 0 Å². The lowest BCUT2D eigenvalue weighted by molar-refractivity contribution is 0.183. The van der Waals surface area contributed by atoms with Gasteiger partial charge >= 0.3 is 0 Å². The van der Waals surface area contributed by atoms with Crippen LogP contribution in [0.2, 0.25) is 0 Å². The highest BCUT2D eigenvalue weighted by Gasteiger charge is 1.99. The van der Waals surface area contributed by atoms with Gasteiger partial charge in [0.05, 0.1) is 6.10 Å². The smallest absolute Gasteiger partial charge is 0.0524 e. The van der Waals surface area contributed by atoms with Gasteiger partial charge in [-0.25, -0.2) is 0 Å². The minimum atomic E-state index is -0.212. The van der Waals surface area contributed by atoms with Gasteiger partial charge in [-0.1, -0.05) is 23.8 Å². The lowest BCUT2D eigenvalue weighted by atomic mass is 10.1. The molecule has 2 heteroatoms. The number of nitrogens with one attached hydrogen (secondary N) is 1. The molecule has 84 valence electrons. The van der Waals surface area contributed by atoms with Gasteiger partial charge in [0.1, 0.15) is 0 Å². The van der Waals surface area contributed by atoms with Gasteiger partial charge in [-0.05, 0) is 44.9 Å². The summed E-state index contributed by atoms with van der Waals surface area (Å²) in [6, 6.07) is 6.50. The van der Waals surface area contributed by atoms with Gasteiger partial charge < -0.3 is 10.4 Å². The Morgan fingerprint density at radius 2 is 2.07 bits per heavy atom. The summed E-state index contributed by atoms with van der Waals surface area (Å²) in [5, 5.41) is 12.4. The van der Waals surface area contributed by atoms with Crippen LogP contribution in [0.5, 0.6) is 0 Å². The zero-order valence-electron chi connectivity index (χ0n) is 9.88. The average Bonchev–Trinajstić information content (AvgIpc) is 2.17. The Labute approximate surface area is 92.3 Å². The maximum absolute atomic E-state index is 9.11. The topological polar surface area (TPSA) is 32.3 Å². The normalized spacial score (nSPS) is 12.8. The van der Waals surface area contributed by atoms with Crippen LogP contribution in [0.15, 0.2) is 18.2 Å². The Morgan fingerprint density at radius 1 is 1.33 bits per heavy atom. The minimum absolute atomic E-state index is 0.212. The Hall–Kier alpha value is -0.860. The number of benzene rings is 1. The number of aliphatic hydroxyl groups is 1. The summed E-state index contributed by atoms with van der Waals surface area (Å²) in [7, 11) is 0. The van der Waals surface area contributed by atoms with E-state index in [2.05, 4.69) is 37.4 Å². The first-order valence-corrected chi connectivity index (χ1v) is 5.54. The van der Waals surface area contributed by atoms with Crippen LogP contribution in [0.1, 0.15) is 30.0 Å². The molecule has 1 rings (SSSR count). The first-order valence-electron chi connectivity index (χ1n) is 5.54. The van der Waals surface area contributed by atoms with E-state index in [1.165, 1.54) is 16.7 Å². The van der Waals surface area contributed by atoms with Crippen molar-refractivity contribution in [3.63, 3.8) is 0 Å². The van der Waals surface area contributed by atoms with Crippen molar-refractivity contribution in [2.75, 3.05) is 6.54 Å². The minimum Gasteiger partial charge on any atom is -0.393 e. The fourth-order valence-corrected chi connectivity index (χ4v) is 1.52. The van der Waals surface area contributed by atoms with E-state index in [0.29, 0.717) is 0 Å². The summed E-state index contributed by atoms with van der Waals surface area (Å²) in [6.45, 7) is 7.81. The molecule has 0 spiro atoms. The van der Waals surface area contributed by atoms with Crippen LogP contribution in [0, 0.1) is 13.8 Å². The molecular formula is C13H21NO. The molecule has 0 fully saturated rings. The molecule has 0 radical (unpaired) electrons. The number of hydrogen-bond acceptors (Lipinski definition) is 2. The van der Waals surface area contributed by atoms with Crippen LogP contribution in [-0.2, 0) is 6.54 Å². The van der Waals surface area contributed by atoms with Crippen LogP contribution in [0.3, 0.4) is 0 Å². The van der Waals surface area contributed by atoms with E-state index in [1.54, 1.807) is 0 Å². The van der Waals surface area contributed by atoms with Gasteiger partial charge in [-0.15, -0.1) is 0 Å². The number of hydrogen-bond donors (Lipinski definition) is 2. The van der Waals surface area contributed by atoms with Crippen molar-refractivity contribution in [3.8, 4) is 0 Å². The molecule has 0 amide bonds. The maximum Gasteiger partial charge on any atom is 0.0524 e. The molecule has 0 unspecified atom stereocenters. The molecule has 2 N–H and O–H groups in total. The molecule has 2 nitrogen and oxygen atoms in total. The first-order chi connectivity index (χ1) is 7.09. The number of aliphatic hydroxyl groups excluding tert-OH is 1. The van der Waals surface area contributed by atoms with Gasteiger partial charge in [-0.3, -0.25) is 0 Å². The monoisotopic (exact) mass is 207 g/mol. The van der Waals surface area contributed by atoms with Crippen LogP contribution in [-0.4, -0.2) is 17.8 Å². The van der Waals surface area contributed by atoms with E-state index < -0.39 is 0 Å². The predicted octanol–water partition coefficient (Wildman–Crippen LogP) is 2.16. The van der Waals surface area contributed by atoms with Crippen molar-refractivity contribution in [2.45, 2.75) is 39.8 Å². The fraction of sp³-hybridized carbons (Fsp3) is 0.538. The highest BCUT2D eigenvalue weighted by atomic mass is 16.3. The summed E-state index contributed by atoms with van der Waals surface area (Å²) in [4.78, 5) is 0. The van der Waals surface area contributed by atoms with Crippen LogP contribution < -0.4 is 5.32 Å². The highest BCUT2D eigenvalue weighted by molar-refractivity contribution is 5.30. The number of rotatable bonds is 5.